The number of benzene rings is 2. The van der Waals surface area contributed by atoms with E-state index in [9.17, 15) is 9.18 Å². The van der Waals surface area contributed by atoms with Crippen molar-refractivity contribution in [2.24, 2.45) is 0 Å². The Balaban J connectivity index is 2.04. The van der Waals surface area contributed by atoms with Gasteiger partial charge in [-0.3, -0.25) is 4.79 Å². The fraction of sp³-hybridized carbons (Fsp3) is 0.133. The maximum absolute atomic E-state index is 13.4. The molecule has 2 aromatic carbocycles. The quantitative estimate of drug-likeness (QED) is 0.853. The monoisotopic (exact) mass is 292 g/mol. The van der Waals surface area contributed by atoms with E-state index in [4.69, 9.17) is 17.3 Å². The van der Waals surface area contributed by atoms with Crippen molar-refractivity contribution in [3.05, 3.63) is 63.9 Å². The van der Waals surface area contributed by atoms with Gasteiger partial charge in [0, 0.05) is 12.1 Å². The van der Waals surface area contributed by atoms with Gasteiger partial charge in [-0.25, -0.2) is 4.39 Å². The lowest BCUT2D eigenvalue weighted by Gasteiger charge is -2.07. The zero-order chi connectivity index (χ0) is 14.7. The van der Waals surface area contributed by atoms with Crippen molar-refractivity contribution >= 4 is 23.2 Å². The third kappa shape index (κ3) is 3.27. The van der Waals surface area contributed by atoms with Gasteiger partial charge in [-0.2, -0.15) is 0 Å². The average Bonchev–Trinajstić information content (AvgIpc) is 2.43. The summed E-state index contributed by atoms with van der Waals surface area (Å²) >= 11 is 5.79. The van der Waals surface area contributed by atoms with Crippen molar-refractivity contribution in [3.8, 4) is 0 Å². The fourth-order valence-electron chi connectivity index (χ4n) is 1.72. The third-order valence-electron chi connectivity index (χ3n) is 2.95. The van der Waals surface area contributed by atoms with E-state index >= 15 is 0 Å². The van der Waals surface area contributed by atoms with Gasteiger partial charge in [-0.15, -0.1) is 0 Å². The van der Waals surface area contributed by atoms with Gasteiger partial charge >= 0.3 is 0 Å². The van der Waals surface area contributed by atoms with Gasteiger partial charge in [0.2, 0.25) is 0 Å². The third-order valence-corrected chi connectivity index (χ3v) is 3.29. The number of halogens is 2. The Kier molecular flexibility index (Phi) is 4.25. The first kappa shape index (κ1) is 14.3. The van der Waals surface area contributed by atoms with Crippen LogP contribution in [0, 0.1) is 12.7 Å². The van der Waals surface area contributed by atoms with Crippen LogP contribution in [0.25, 0.3) is 0 Å². The first-order valence-electron chi connectivity index (χ1n) is 6.05. The Morgan fingerprint density at radius 3 is 2.70 bits per heavy atom. The van der Waals surface area contributed by atoms with E-state index in [-0.39, 0.29) is 18.3 Å². The van der Waals surface area contributed by atoms with Crippen LogP contribution in [-0.2, 0) is 6.54 Å². The van der Waals surface area contributed by atoms with E-state index in [1.54, 1.807) is 31.2 Å². The largest absolute Gasteiger partial charge is 0.398 e. The molecule has 0 aliphatic carbocycles. The summed E-state index contributed by atoms with van der Waals surface area (Å²) in [6, 6.07) is 9.52. The second-order valence-corrected chi connectivity index (χ2v) is 4.91. The van der Waals surface area contributed by atoms with E-state index < -0.39 is 0 Å². The Hall–Kier alpha value is -2.07. The molecule has 0 heterocycles. The summed E-state index contributed by atoms with van der Waals surface area (Å²) in [6.07, 6.45) is 0. The molecule has 0 radical (unpaired) electrons. The van der Waals surface area contributed by atoms with E-state index in [1.807, 2.05) is 0 Å². The SMILES string of the molecule is Cc1ccc(CNC(=O)c2ccc(Cl)c(N)c2)cc1F. The molecule has 2 aromatic rings. The van der Waals surface area contributed by atoms with Crippen LogP contribution in [0.15, 0.2) is 36.4 Å². The first-order chi connectivity index (χ1) is 9.47. The van der Waals surface area contributed by atoms with Crippen LogP contribution < -0.4 is 11.1 Å². The topological polar surface area (TPSA) is 55.1 Å². The van der Waals surface area contributed by atoms with Crippen LogP contribution in [0.1, 0.15) is 21.5 Å². The van der Waals surface area contributed by atoms with Gasteiger partial charge in [-0.05, 0) is 42.3 Å². The van der Waals surface area contributed by atoms with Gasteiger partial charge < -0.3 is 11.1 Å². The number of carbonyl (C=O) groups is 1. The van der Waals surface area contributed by atoms with Crippen LogP contribution in [0.3, 0.4) is 0 Å². The molecule has 0 aliphatic rings. The highest BCUT2D eigenvalue weighted by molar-refractivity contribution is 6.33. The molecule has 1 amide bonds. The predicted octanol–water partition coefficient (Wildman–Crippen LogP) is 3.30. The van der Waals surface area contributed by atoms with E-state index in [1.165, 1.54) is 12.1 Å². The number of aryl methyl sites for hydroxylation is 1. The number of nitrogen functional groups attached to an aromatic ring is 1. The van der Waals surface area contributed by atoms with E-state index in [0.717, 1.165) is 0 Å². The zero-order valence-electron chi connectivity index (χ0n) is 10.9. The molecule has 20 heavy (non-hydrogen) atoms. The molecule has 2 rings (SSSR count). The highest BCUT2D eigenvalue weighted by Crippen LogP contribution is 2.19. The lowest BCUT2D eigenvalue weighted by atomic mass is 10.1. The first-order valence-corrected chi connectivity index (χ1v) is 6.43. The standard InChI is InChI=1S/C15H14ClFN2O/c1-9-2-3-10(6-13(9)17)8-19-15(20)11-4-5-12(16)14(18)7-11/h2-7H,8,18H2,1H3,(H,19,20). The van der Waals surface area contributed by atoms with Crippen LogP contribution in [0.4, 0.5) is 10.1 Å². The molecular weight excluding hydrogens is 279 g/mol. The average molecular weight is 293 g/mol. The highest BCUT2D eigenvalue weighted by Gasteiger charge is 2.08. The lowest BCUT2D eigenvalue weighted by Crippen LogP contribution is -2.23. The summed E-state index contributed by atoms with van der Waals surface area (Å²) in [4.78, 5) is 11.9. The number of carbonyl (C=O) groups excluding carboxylic acids is 1. The molecule has 0 saturated heterocycles. The van der Waals surface area contributed by atoms with Crippen molar-refractivity contribution in [1.29, 1.82) is 0 Å². The zero-order valence-corrected chi connectivity index (χ0v) is 11.7. The summed E-state index contributed by atoms with van der Waals surface area (Å²) < 4.78 is 13.4. The summed E-state index contributed by atoms with van der Waals surface area (Å²) in [5.74, 6) is -0.568. The molecule has 0 atom stereocenters. The summed E-state index contributed by atoms with van der Waals surface area (Å²) in [5.41, 5.74) is 7.68. The molecule has 0 spiro atoms. The lowest BCUT2D eigenvalue weighted by molar-refractivity contribution is 0.0951. The number of rotatable bonds is 3. The van der Waals surface area contributed by atoms with Crippen LogP contribution >= 0.6 is 11.6 Å². The van der Waals surface area contributed by atoms with Gasteiger partial charge in [0.05, 0.1) is 10.7 Å². The molecular formula is C15H14ClFN2O. The van der Waals surface area contributed by atoms with Gasteiger partial charge in [0.1, 0.15) is 5.82 Å². The minimum Gasteiger partial charge on any atom is -0.398 e. The number of anilines is 1. The number of nitrogens with one attached hydrogen (secondary N) is 1. The van der Waals surface area contributed by atoms with Crippen molar-refractivity contribution in [2.75, 3.05) is 5.73 Å². The molecule has 0 saturated carbocycles. The van der Waals surface area contributed by atoms with Gasteiger partial charge in [0.25, 0.3) is 5.91 Å². The molecule has 0 aliphatic heterocycles. The second-order valence-electron chi connectivity index (χ2n) is 4.50. The number of amides is 1. The van der Waals surface area contributed by atoms with Crippen LogP contribution in [0.2, 0.25) is 5.02 Å². The highest BCUT2D eigenvalue weighted by atomic mass is 35.5. The van der Waals surface area contributed by atoms with Crippen molar-refractivity contribution in [2.45, 2.75) is 13.5 Å². The Morgan fingerprint density at radius 2 is 2.05 bits per heavy atom. The van der Waals surface area contributed by atoms with Crippen molar-refractivity contribution in [1.82, 2.24) is 5.32 Å². The fourth-order valence-corrected chi connectivity index (χ4v) is 1.83. The Bertz CT molecular complexity index is 658. The molecule has 5 heteroatoms. The van der Waals surface area contributed by atoms with Crippen molar-refractivity contribution < 1.29 is 9.18 Å². The molecule has 0 bridgehead atoms. The molecule has 3 nitrogen and oxygen atoms in total. The molecule has 104 valence electrons. The van der Waals surface area contributed by atoms with Gasteiger partial charge in [0.15, 0.2) is 0 Å². The minimum atomic E-state index is -0.285. The van der Waals surface area contributed by atoms with E-state index in [0.29, 0.717) is 27.4 Å². The van der Waals surface area contributed by atoms with Crippen LogP contribution in [0.5, 0.6) is 0 Å². The van der Waals surface area contributed by atoms with E-state index in [2.05, 4.69) is 5.32 Å². The Labute approximate surface area is 121 Å². The molecule has 0 unspecified atom stereocenters. The maximum atomic E-state index is 13.4. The summed E-state index contributed by atoms with van der Waals surface area (Å²) in [6.45, 7) is 1.94. The predicted molar refractivity (Wildman–Crippen MR) is 78.2 cm³/mol. The summed E-state index contributed by atoms with van der Waals surface area (Å²) in [5, 5.41) is 3.11. The maximum Gasteiger partial charge on any atom is 0.251 e. The minimum absolute atomic E-state index is 0.249. The smallest absolute Gasteiger partial charge is 0.251 e. The normalized spacial score (nSPS) is 10.3. The molecule has 0 aromatic heterocycles. The van der Waals surface area contributed by atoms with Crippen molar-refractivity contribution in [3.63, 3.8) is 0 Å². The summed E-state index contributed by atoms with van der Waals surface area (Å²) in [7, 11) is 0. The molecule has 3 N–H and O–H groups in total. The van der Waals surface area contributed by atoms with Crippen LogP contribution in [-0.4, -0.2) is 5.91 Å². The number of nitrogens with two attached hydrogens (primary N) is 1. The second kappa shape index (κ2) is 5.92. The van der Waals surface area contributed by atoms with Gasteiger partial charge in [-0.1, -0.05) is 23.7 Å². The number of hydrogen-bond donors (Lipinski definition) is 2. The molecule has 0 fully saturated rings. The number of hydrogen-bond acceptors (Lipinski definition) is 2. The Morgan fingerprint density at radius 1 is 1.30 bits per heavy atom.